The van der Waals surface area contributed by atoms with Crippen LogP contribution < -0.4 is 4.90 Å². The van der Waals surface area contributed by atoms with Crippen LogP contribution in [-0.2, 0) is 6.42 Å². The number of hydrogen-bond acceptors (Lipinski definition) is 3. The third kappa shape index (κ3) is 2.98. The first kappa shape index (κ1) is 16.8. The molecule has 0 spiro atoms. The van der Waals surface area contributed by atoms with E-state index in [2.05, 4.69) is 13.0 Å². The molecule has 2 aromatic carbocycles. The molecule has 0 atom stereocenters. The quantitative estimate of drug-likeness (QED) is 0.817. The van der Waals surface area contributed by atoms with Gasteiger partial charge in [0, 0.05) is 34.9 Å². The second kappa shape index (κ2) is 7.22. The lowest BCUT2D eigenvalue weighted by molar-refractivity contribution is 0.0982. The van der Waals surface area contributed by atoms with Gasteiger partial charge in [-0.05, 0) is 31.0 Å². The minimum absolute atomic E-state index is 0.0301. The van der Waals surface area contributed by atoms with Gasteiger partial charge in [-0.1, -0.05) is 37.3 Å². The van der Waals surface area contributed by atoms with Crippen LogP contribution in [0.5, 0.6) is 0 Å². The maximum Gasteiger partial charge on any atom is 0.259 e. The van der Waals surface area contributed by atoms with Crippen LogP contribution in [0.2, 0.25) is 0 Å². The van der Waals surface area contributed by atoms with Gasteiger partial charge in [0.2, 0.25) is 0 Å². The molecule has 0 fully saturated rings. The minimum atomic E-state index is -0.0301. The van der Waals surface area contributed by atoms with Crippen LogP contribution in [-0.4, -0.2) is 24.0 Å². The van der Waals surface area contributed by atoms with E-state index in [1.165, 1.54) is 0 Å². The monoisotopic (exact) mass is 339 g/mol. The smallest absolute Gasteiger partial charge is 0.259 e. The Labute approximate surface area is 147 Å². The molecular weight excluding hydrogens is 318 g/mol. The van der Waals surface area contributed by atoms with E-state index in [9.17, 15) is 9.59 Å². The van der Waals surface area contributed by atoms with Crippen molar-refractivity contribution < 1.29 is 9.59 Å². The molecule has 0 saturated heterocycles. The Hall–Kier alpha value is -2.07. The van der Waals surface area contributed by atoms with Gasteiger partial charge >= 0.3 is 0 Å². The molecule has 3 rings (SSSR count). The third-order valence-electron chi connectivity index (χ3n) is 4.35. The van der Waals surface area contributed by atoms with E-state index >= 15 is 0 Å². The number of benzene rings is 2. The average molecular weight is 339 g/mol. The maximum atomic E-state index is 13.2. The number of rotatable bonds is 4. The fourth-order valence-electron chi connectivity index (χ4n) is 3.10. The largest absolute Gasteiger partial charge is 0.308 e. The van der Waals surface area contributed by atoms with Crippen LogP contribution >= 0.6 is 11.8 Å². The lowest BCUT2D eigenvalue weighted by atomic mass is 10.0. The molecule has 0 bridgehead atoms. The van der Waals surface area contributed by atoms with Gasteiger partial charge in [0.15, 0.2) is 5.78 Å². The van der Waals surface area contributed by atoms with Crippen molar-refractivity contribution in [2.75, 3.05) is 17.2 Å². The van der Waals surface area contributed by atoms with E-state index in [-0.39, 0.29) is 11.7 Å². The summed E-state index contributed by atoms with van der Waals surface area (Å²) in [5, 5.41) is 0. The molecule has 2 aromatic rings. The standard InChI is InChI=1S/C20H21NO2S/c1-3-14-8-5-6-11-17(14)21(4-2)20(23)16-10-7-9-15-18(22)12-13-24-19(15)16/h5-11H,3-4,12-13H2,1-2H3. The van der Waals surface area contributed by atoms with Crippen LogP contribution in [0.3, 0.4) is 0 Å². The molecular formula is C20H21NO2S. The van der Waals surface area contributed by atoms with E-state index in [1.54, 1.807) is 11.8 Å². The van der Waals surface area contributed by atoms with Crippen molar-refractivity contribution in [2.45, 2.75) is 31.6 Å². The Balaban J connectivity index is 2.05. The van der Waals surface area contributed by atoms with Gasteiger partial charge in [-0.25, -0.2) is 0 Å². The topological polar surface area (TPSA) is 37.4 Å². The summed E-state index contributed by atoms with van der Waals surface area (Å²) in [6.45, 7) is 4.67. The number of thioether (sulfide) groups is 1. The number of carbonyl (C=O) groups is 2. The van der Waals surface area contributed by atoms with E-state index in [1.807, 2.05) is 48.2 Å². The normalized spacial score (nSPS) is 13.5. The molecule has 1 aliphatic heterocycles. The molecule has 0 radical (unpaired) electrons. The molecule has 1 heterocycles. The second-order valence-corrected chi connectivity index (χ2v) is 6.84. The number of ketones is 1. The van der Waals surface area contributed by atoms with E-state index in [0.29, 0.717) is 24.1 Å². The Morgan fingerprint density at radius 3 is 2.67 bits per heavy atom. The van der Waals surface area contributed by atoms with E-state index < -0.39 is 0 Å². The van der Waals surface area contributed by atoms with Crippen molar-refractivity contribution in [3.63, 3.8) is 0 Å². The fraction of sp³-hybridized carbons (Fsp3) is 0.300. The summed E-state index contributed by atoms with van der Waals surface area (Å²) >= 11 is 1.61. The van der Waals surface area contributed by atoms with Crippen LogP contribution in [0.25, 0.3) is 0 Å². The minimum Gasteiger partial charge on any atom is -0.308 e. The molecule has 3 nitrogen and oxygen atoms in total. The molecule has 0 saturated carbocycles. The number of fused-ring (bicyclic) bond motifs is 1. The summed E-state index contributed by atoms with van der Waals surface area (Å²) in [5.74, 6) is 0.848. The molecule has 1 aliphatic rings. The van der Waals surface area contributed by atoms with E-state index in [0.717, 1.165) is 28.3 Å². The Kier molecular flexibility index (Phi) is 5.05. The maximum absolute atomic E-state index is 13.2. The molecule has 0 N–H and O–H groups in total. The predicted molar refractivity (Wildman–Crippen MR) is 99.3 cm³/mol. The van der Waals surface area contributed by atoms with Crippen LogP contribution in [0.4, 0.5) is 5.69 Å². The van der Waals surface area contributed by atoms with Crippen molar-refractivity contribution in [1.82, 2.24) is 0 Å². The van der Waals surface area contributed by atoms with Crippen molar-refractivity contribution in [1.29, 1.82) is 0 Å². The summed E-state index contributed by atoms with van der Waals surface area (Å²) in [6.07, 6.45) is 1.42. The zero-order valence-electron chi connectivity index (χ0n) is 14.0. The molecule has 24 heavy (non-hydrogen) atoms. The van der Waals surface area contributed by atoms with Gasteiger partial charge in [0.05, 0.1) is 5.56 Å². The van der Waals surface area contributed by atoms with E-state index in [4.69, 9.17) is 0 Å². The summed E-state index contributed by atoms with van der Waals surface area (Å²) < 4.78 is 0. The van der Waals surface area contributed by atoms with Crippen molar-refractivity contribution in [3.8, 4) is 0 Å². The zero-order chi connectivity index (χ0) is 17.1. The van der Waals surface area contributed by atoms with Gasteiger partial charge in [-0.3, -0.25) is 9.59 Å². The molecule has 0 aromatic heterocycles. The fourth-order valence-corrected chi connectivity index (χ4v) is 4.24. The van der Waals surface area contributed by atoms with Crippen molar-refractivity contribution in [2.24, 2.45) is 0 Å². The highest BCUT2D eigenvalue weighted by atomic mass is 32.2. The van der Waals surface area contributed by atoms with Crippen LogP contribution in [0.15, 0.2) is 47.4 Å². The third-order valence-corrected chi connectivity index (χ3v) is 5.48. The lowest BCUT2D eigenvalue weighted by Gasteiger charge is -2.26. The number of nitrogens with zero attached hydrogens (tertiary/aromatic N) is 1. The summed E-state index contributed by atoms with van der Waals surface area (Å²) in [7, 11) is 0. The average Bonchev–Trinajstić information content (AvgIpc) is 2.62. The number of para-hydroxylation sites is 1. The highest BCUT2D eigenvalue weighted by Gasteiger charge is 2.26. The number of anilines is 1. The molecule has 124 valence electrons. The Morgan fingerprint density at radius 1 is 1.12 bits per heavy atom. The molecule has 4 heteroatoms. The van der Waals surface area contributed by atoms with Crippen LogP contribution in [0, 0.1) is 0 Å². The first-order valence-electron chi connectivity index (χ1n) is 8.36. The van der Waals surface area contributed by atoms with Gasteiger partial charge in [0.1, 0.15) is 0 Å². The number of carbonyl (C=O) groups excluding carboxylic acids is 2. The van der Waals surface area contributed by atoms with Crippen molar-refractivity contribution in [3.05, 3.63) is 59.2 Å². The summed E-state index contributed by atoms with van der Waals surface area (Å²) in [6, 6.07) is 13.5. The molecule has 0 unspecified atom stereocenters. The van der Waals surface area contributed by atoms with Gasteiger partial charge in [0.25, 0.3) is 5.91 Å². The number of hydrogen-bond donors (Lipinski definition) is 0. The summed E-state index contributed by atoms with van der Waals surface area (Å²) in [5.41, 5.74) is 3.44. The lowest BCUT2D eigenvalue weighted by Crippen LogP contribution is -2.32. The molecule has 1 amide bonds. The van der Waals surface area contributed by atoms with Gasteiger partial charge in [-0.15, -0.1) is 11.8 Å². The van der Waals surface area contributed by atoms with Crippen LogP contribution in [0.1, 0.15) is 46.5 Å². The van der Waals surface area contributed by atoms with Gasteiger partial charge < -0.3 is 4.90 Å². The van der Waals surface area contributed by atoms with Gasteiger partial charge in [-0.2, -0.15) is 0 Å². The zero-order valence-corrected chi connectivity index (χ0v) is 14.9. The Morgan fingerprint density at radius 2 is 1.92 bits per heavy atom. The predicted octanol–water partition coefficient (Wildman–Crippen LogP) is 4.59. The number of aryl methyl sites for hydroxylation is 1. The second-order valence-electron chi connectivity index (χ2n) is 5.74. The number of Topliss-reactive ketones (excluding diaryl/α,β-unsaturated/α-hetero) is 1. The Bertz CT molecular complexity index is 785. The first-order valence-corrected chi connectivity index (χ1v) is 9.34. The first-order chi connectivity index (χ1) is 11.7. The van der Waals surface area contributed by atoms with Crippen molar-refractivity contribution >= 4 is 29.1 Å². The highest BCUT2D eigenvalue weighted by molar-refractivity contribution is 7.99. The molecule has 0 aliphatic carbocycles. The number of amides is 1. The SMILES string of the molecule is CCc1ccccc1N(CC)C(=O)c1cccc2c1SCCC2=O. The highest BCUT2D eigenvalue weighted by Crippen LogP contribution is 2.34. The summed E-state index contributed by atoms with van der Waals surface area (Å²) in [4.78, 5) is 28.0.